The van der Waals surface area contributed by atoms with E-state index >= 15 is 0 Å². The van der Waals surface area contributed by atoms with Gasteiger partial charge in [0.25, 0.3) is 0 Å². The van der Waals surface area contributed by atoms with Crippen molar-refractivity contribution < 1.29 is 19.1 Å². The maximum absolute atomic E-state index is 12.0. The van der Waals surface area contributed by atoms with E-state index in [0.717, 1.165) is 18.2 Å². The van der Waals surface area contributed by atoms with E-state index in [9.17, 15) is 4.79 Å². The van der Waals surface area contributed by atoms with Crippen LogP contribution in [-0.2, 0) is 9.63 Å². The van der Waals surface area contributed by atoms with Crippen molar-refractivity contribution in [2.45, 2.75) is 39.7 Å². The second-order valence-corrected chi connectivity index (χ2v) is 7.33. The van der Waals surface area contributed by atoms with Crippen LogP contribution in [0, 0.1) is 5.41 Å². The predicted octanol–water partition coefficient (Wildman–Crippen LogP) is 1.98. The molecule has 3 heterocycles. The number of aromatic nitrogens is 4. The van der Waals surface area contributed by atoms with Crippen LogP contribution in [0.25, 0.3) is 11.0 Å². The summed E-state index contributed by atoms with van der Waals surface area (Å²) in [4.78, 5) is 26.1. The number of rotatable bonds is 4. The summed E-state index contributed by atoms with van der Waals surface area (Å²) in [6.07, 6.45) is 3.30. The molecule has 142 valence electrons. The van der Waals surface area contributed by atoms with Crippen LogP contribution in [-0.4, -0.2) is 58.1 Å². The molecule has 0 saturated carbocycles. The van der Waals surface area contributed by atoms with Crippen LogP contribution in [0.15, 0.2) is 6.20 Å². The smallest absolute Gasteiger partial charge is 0.330 e. The fraction of sp³-hybridized carbons (Fsp3) is 0.647. The molecular formula is C17H25N5O4. The van der Waals surface area contributed by atoms with Gasteiger partial charge in [-0.2, -0.15) is 15.1 Å². The number of carbonyl (C=O) groups is 1. The zero-order valence-electron chi connectivity index (χ0n) is 15.9. The zero-order chi connectivity index (χ0) is 18.9. The summed E-state index contributed by atoms with van der Waals surface area (Å²) >= 11 is 0. The van der Waals surface area contributed by atoms with E-state index in [1.807, 2.05) is 25.5 Å². The molecule has 0 aliphatic carbocycles. The van der Waals surface area contributed by atoms with Gasteiger partial charge in [-0.3, -0.25) is 0 Å². The molecule has 0 unspecified atom stereocenters. The highest BCUT2D eigenvalue weighted by Gasteiger charge is 2.30. The third-order valence-electron chi connectivity index (χ3n) is 4.37. The van der Waals surface area contributed by atoms with E-state index in [1.165, 1.54) is 7.11 Å². The Morgan fingerprint density at radius 2 is 1.85 bits per heavy atom. The van der Waals surface area contributed by atoms with Crippen LogP contribution >= 0.6 is 0 Å². The number of nitrogens with zero attached hydrogens (tertiary/aromatic N) is 5. The minimum atomic E-state index is -0.515. The Kier molecular flexibility index (Phi) is 4.99. The molecule has 0 aromatic carbocycles. The molecule has 9 heteroatoms. The highest BCUT2D eigenvalue weighted by Crippen LogP contribution is 2.30. The van der Waals surface area contributed by atoms with Gasteiger partial charge in [0.2, 0.25) is 5.88 Å². The minimum Gasteiger partial charge on any atom is -0.480 e. The van der Waals surface area contributed by atoms with Crippen LogP contribution in [0.1, 0.15) is 39.7 Å². The van der Waals surface area contributed by atoms with Gasteiger partial charge < -0.3 is 14.3 Å². The molecule has 9 nitrogen and oxygen atoms in total. The molecule has 0 bridgehead atoms. The number of carbonyl (C=O) groups excluding carboxylic acids is 1. The standard InChI is InChI=1S/C17H25N5O4/c1-17(2,3)15(23)26-21-8-6-11(7-9-21)22-13-12(10-18-22)14(24-4)20-16(19-13)25-5/h10-11H,6-9H2,1-5H3. The van der Waals surface area contributed by atoms with Gasteiger partial charge in [0.1, 0.15) is 5.39 Å². The number of fused-ring (bicyclic) bond motifs is 1. The van der Waals surface area contributed by atoms with Crippen molar-refractivity contribution in [2.75, 3.05) is 27.3 Å². The summed E-state index contributed by atoms with van der Waals surface area (Å²) in [6.45, 7) is 6.83. The van der Waals surface area contributed by atoms with E-state index in [0.29, 0.717) is 24.6 Å². The number of hydrogen-bond acceptors (Lipinski definition) is 8. The van der Waals surface area contributed by atoms with Crippen molar-refractivity contribution in [2.24, 2.45) is 5.41 Å². The monoisotopic (exact) mass is 363 g/mol. The van der Waals surface area contributed by atoms with Crippen LogP contribution in [0.4, 0.5) is 0 Å². The molecule has 3 rings (SSSR count). The number of hydroxylamine groups is 2. The second kappa shape index (κ2) is 7.06. The Labute approximate surface area is 152 Å². The van der Waals surface area contributed by atoms with Crippen LogP contribution in [0.2, 0.25) is 0 Å². The van der Waals surface area contributed by atoms with Gasteiger partial charge in [0.05, 0.1) is 31.9 Å². The van der Waals surface area contributed by atoms with Gasteiger partial charge >= 0.3 is 12.0 Å². The van der Waals surface area contributed by atoms with Crippen molar-refractivity contribution in [1.82, 2.24) is 24.8 Å². The summed E-state index contributed by atoms with van der Waals surface area (Å²) in [6, 6.07) is 0.397. The van der Waals surface area contributed by atoms with Crippen molar-refractivity contribution >= 4 is 17.0 Å². The second-order valence-electron chi connectivity index (χ2n) is 7.33. The van der Waals surface area contributed by atoms with E-state index in [-0.39, 0.29) is 18.0 Å². The quantitative estimate of drug-likeness (QED) is 0.814. The largest absolute Gasteiger partial charge is 0.480 e. The molecule has 0 radical (unpaired) electrons. The van der Waals surface area contributed by atoms with Crippen molar-refractivity contribution in [3.8, 4) is 11.9 Å². The number of ether oxygens (including phenoxy) is 2. The lowest BCUT2D eigenvalue weighted by Gasteiger charge is -2.32. The van der Waals surface area contributed by atoms with Crippen LogP contribution in [0.3, 0.4) is 0 Å². The third kappa shape index (κ3) is 3.57. The average molecular weight is 363 g/mol. The summed E-state index contributed by atoms with van der Waals surface area (Å²) < 4.78 is 12.4. The van der Waals surface area contributed by atoms with Gasteiger partial charge in [-0.05, 0) is 33.6 Å². The lowest BCUT2D eigenvalue weighted by molar-refractivity contribution is -0.205. The average Bonchev–Trinajstić information content (AvgIpc) is 3.04. The van der Waals surface area contributed by atoms with E-state index < -0.39 is 5.41 Å². The number of methoxy groups -OCH3 is 2. The summed E-state index contributed by atoms with van der Waals surface area (Å²) in [7, 11) is 3.07. The van der Waals surface area contributed by atoms with Crippen LogP contribution < -0.4 is 9.47 Å². The Hall–Kier alpha value is -2.42. The first-order chi connectivity index (χ1) is 12.3. The van der Waals surface area contributed by atoms with Crippen molar-refractivity contribution in [3.63, 3.8) is 0 Å². The predicted molar refractivity (Wildman–Crippen MR) is 93.8 cm³/mol. The molecule has 1 saturated heterocycles. The SMILES string of the molecule is COc1nc(OC)c2cnn(C3CCN(OC(=O)C(C)(C)C)CC3)c2n1. The molecule has 0 amide bonds. The van der Waals surface area contributed by atoms with Crippen molar-refractivity contribution in [3.05, 3.63) is 6.20 Å². The first-order valence-corrected chi connectivity index (χ1v) is 8.64. The van der Waals surface area contributed by atoms with Gasteiger partial charge in [-0.25, -0.2) is 9.48 Å². The molecule has 0 N–H and O–H groups in total. The van der Waals surface area contributed by atoms with Gasteiger partial charge in [0.15, 0.2) is 5.65 Å². The molecule has 1 aliphatic heterocycles. The highest BCUT2D eigenvalue weighted by molar-refractivity contribution is 5.80. The molecule has 1 fully saturated rings. The Morgan fingerprint density at radius 1 is 1.15 bits per heavy atom. The van der Waals surface area contributed by atoms with Crippen molar-refractivity contribution in [1.29, 1.82) is 0 Å². The maximum atomic E-state index is 12.0. The lowest BCUT2D eigenvalue weighted by Crippen LogP contribution is -2.39. The summed E-state index contributed by atoms with van der Waals surface area (Å²) in [5.74, 6) is 0.220. The Morgan fingerprint density at radius 3 is 2.42 bits per heavy atom. The van der Waals surface area contributed by atoms with Gasteiger partial charge in [0, 0.05) is 13.1 Å². The highest BCUT2D eigenvalue weighted by atomic mass is 16.7. The van der Waals surface area contributed by atoms with Gasteiger partial charge in [-0.1, -0.05) is 0 Å². The lowest BCUT2D eigenvalue weighted by atomic mass is 9.98. The summed E-state index contributed by atoms with van der Waals surface area (Å²) in [5.41, 5.74) is 0.165. The normalized spacial score (nSPS) is 16.7. The fourth-order valence-electron chi connectivity index (χ4n) is 2.83. The number of piperidine rings is 1. The molecule has 0 spiro atoms. The maximum Gasteiger partial charge on any atom is 0.330 e. The molecule has 1 aliphatic rings. The Balaban J connectivity index is 1.75. The third-order valence-corrected chi connectivity index (χ3v) is 4.37. The molecule has 0 atom stereocenters. The van der Waals surface area contributed by atoms with E-state index in [2.05, 4.69) is 15.1 Å². The van der Waals surface area contributed by atoms with E-state index in [1.54, 1.807) is 18.4 Å². The summed E-state index contributed by atoms with van der Waals surface area (Å²) in [5, 5.41) is 6.95. The first kappa shape index (κ1) is 18.4. The fourth-order valence-corrected chi connectivity index (χ4v) is 2.83. The van der Waals surface area contributed by atoms with E-state index in [4.69, 9.17) is 14.3 Å². The topological polar surface area (TPSA) is 91.6 Å². The molecule has 2 aromatic rings. The first-order valence-electron chi connectivity index (χ1n) is 8.64. The van der Waals surface area contributed by atoms with Crippen LogP contribution in [0.5, 0.6) is 11.9 Å². The minimum absolute atomic E-state index is 0.154. The molecular weight excluding hydrogens is 338 g/mol. The molecule has 26 heavy (non-hydrogen) atoms. The van der Waals surface area contributed by atoms with Gasteiger partial charge in [-0.15, -0.1) is 5.06 Å². The Bertz CT molecular complexity index is 790. The zero-order valence-corrected chi connectivity index (χ0v) is 15.9. The number of hydrogen-bond donors (Lipinski definition) is 0. The molecule has 2 aromatic heterocycles.